The number of aliphatic hydroxyl groups excluding tert-OH is 1. The van der Waals surface area contributed by atoms with Crippen LogP contribution in [0.5, 0.6) is 0 Å². The Kier molecular flexibility index (Phi) is 14.3. The monoisotopic (exact) mass is 759 g/mol. The fourth-order valence-corrected chi connectivity index (χ4v) is 10.2. The summed E-state index contributed by atoms with van der Waals surface area (Å²) in [5.74, 6) is -0.480. The number of esters is 1. The van der Waals surface area contributed by atoms with Crippen molar-refractivity contribution in [1.29, 1.82) is 0 Å². The summed E-state index contributed by atoms with van der Waals surface area (Å²) in [6.45, 7) is 7.67. The van der Waals surface area contributed by atoms with Gasteiger partial charge in [0, 0.05) is 39.2 Å². The van der Waals surface area contributed by atoms with Crippen LogP contribution >= 0.6 is 0 Å². The molecule has 54 heavy (non-hydrogen) atoms. The first-order valence-electron chi connectivity index (χ1n) is 20.3. The number of aliphatic hydroxyl groups is 1. The zero-order valence-electron chi connectivity index (χ0n) is 33.5. The summed E-state index contributed by atoms with van der Waals surface area (Å²) < 4.78 is 49.4. The Balaban J connectivity index is 1.23. The van der Waals surface area contributed by atoms with Crippen molar-refractivity contribution in [3.8, 4) is 0 Å². The summed E-state index contributed by atoms with van der Waals surface area (Å²) in [5, 5.41) is 13.3. The third-order valence-corrected chi connectivity index (χ3v) is 13.1. The average molecular weight is 760 g/mol. The van der Waals surface area contributed by atoms with Crippen LogP contribution in [-0.4, -0.2) is 119 Å². The molecule has 3 aliphatic carbocycles. The third kappa shape index (κ3) is 9.08. The topological polar surface area (TPSA) is 140 Å². The van der Waals surface area contributed by atoms with Crippen LogP contribution in [0.1, 0.15) is 79.1 Å². The molecule has 3 aliphatic heterocycles. The summed E-state index contributed by atoms with van der Waals surface area (Å²) >= 11 is 0. The van der Waals surface area contributed by atoms with Crippen LogP contribution in [0.25, 0.3) is 0 Å². The Labute approximate surface area is 321 Å². The molecule has 304 valence electrons. The van der Waals surface area contributed by atoms with E-state index in [1.54, 1.807) is 40.4 Å². The minimum Gasteiger partial charge on any atom is -0.458 e. The number of carbonyl (C=O) groups is 2. The molecule has 18 atom stereocenters. The van der Waals surface area contributed by atoms with Gasteiger partial charge in [-0.05, 0) is 108 Å². The van der Waals surface area contributed by atoms with Crippen molar-refractivity contribution in [2.45, 2.75) is 153 Å². The molecule has 0 aromatic carbocycles. The highest BCUT2D eigenvalue weighted by atomic mass is 16.7. The maximum Gasteiger partial charge on any atom is 0.307 e. The molecule has 2 N–H and O–H groups in total. The maximum absolute atomic E-state index is 14.7. The van der Waals surface area contributed by atoms with Gasteiger partial charge in [0.2, 0.25) is 0 Å². The number of hydrogen-bond acceptors (Lipinski definition) is 12. The second kappa shape index (κ2) is 18.5. The third-order valence-electron chi connectivity index (χ3n) is 13.1. The van der Waals surface area contributed by atoms with Gasteiger partial charge in [0.1, 0.15) is 24.4 Å². The van der Waals surface area contributed by atoms with Crippen LogP contribution < -0.4 is 5.32 Å². The number of Topliss-reactive ketones (excluding diaryl/α,β-unsaturated/α-hetero) is 1. The summed E-state index contributed by atoms with van der Waals surface area (Å²) in [4.78, 5) is 28.3. The molecule has 4 fully saturated rings. The molecule has 6 aliphatic rings. The van der Waals surface area contributed by atoms with Crippen molar-refractivity contribution < 1.29 is 52.6 Å². The van der Waals surface area contributed by atoms with E-state index in [1.807, 2.05) is 20.9 Å². The highest BCUT2D eigenvalue weighted by Crippen LogP contribution is 2.54. The van der Waals surface area contributed by atoms with Crippen molar-refractivity contribution in [3.63, 3.8) is 0 Å². The summed E-state index contributed by atoms with van der Waals surface area (Å²) in [7, 11) is 6.89. The highest BCUT2D eigenvalue weighted by molar-refractivity contribution is 5.99. The van der Waals surface area contributed by atoms with E-state index in [9.17, 15) is 14.7 Å². The molecule has 3 saturated heterocycles. The van der Waals surface area contributed by atoms with Crippen LogP contribution in [0.4, 0.5) is 0 Å². The van der Waals surface area contributed by atoms with E-state index in [0.29, 0.717) is 24.8 Å². The predicted molar refractivity (Wildman–Crippen MR) is 200 cm³/mol. The van der Waals surface area contributed by atoms with Crippen molar-refractivity contribution in [2.24, 2.45) is 35.5 Å². The highest BCUT2D eigenvalue weighted by Gasteiger charge is 2.52. The van der Waals surface area contributed by atoms with Gasteiger partial charge < -0.3 is 48.3 Å². The van der Waals surface area contributed by atoms with Crippen LogP contribution in [-0.2, 0) is 47.5 Å². The maximum atomic E-state index is 14.7. The zero-order valence-corrected chi connectivity index (χ0v) is 33.5. The molecule has 6 rings (SSSR count). The standard InChI is InChI=1S/C42H65NO11/c1-22(44)12-14-27-10-9-11-35(54-37-17-16-34(43-5)24(3)50-37)23(2)38(46)33-20-31-29(32(33)21-36(45)52-27)15-13-26-18-28(19-30(26)31)53-42-41(49-8)40(48-7)39(47-6)25(4)51-42/h12-15,20,22-32,34-35,37,39-44H,9-11,16-19,21H2,1-8H3/b14-12+/t22?,23-,24-,25+,26-,27-,28-,29-,30-,31-,32+,34+,35+,37+,39+,40-,41-,42+/m1/s1. The average Bonchev–Trinajstić information content (AvgIpc) is 3.72. The number of ether oxygens (including phenoxy) is 8. The summed E-state index contributed by atoms with van der Waals surface area (Å²) in [6, 6.07) is 0.257. The van der Waals surface area contributed by atoms with E-state index in [4.69, 9.17) is 37.9 Å². The summed E-state index contributed by atoms with van der Waals surface area (Å²) in [6.07, 6.45) is 11.4. The fourth-order valence-electron chi connectivity index (χ4n) is 10.2. The molecule has 12 heteroatoms. The number of rotatable bonds is 10. The molecule has 1 saturated carbocycles. The quantitative estimate of drug-likeness (QED) is 0.236. The molecule has 12 nitrogen and oxygen atoms in total. The molecule has 1 unspecified atom stereocenters. The van der Waals surface area contributed by atoms with Crippen molar-refractivity contribution in [1.82, 2.24) is 5.32 Å². The molecular weight excluding hydrogens is 694 g/mol. The first-order valence-corrected chi connectivity index (χ1v) is 20.3. The number of allylic oxidation sites excluding steroid dienone is 4. The van der Waals surface area contributed by atoms with Crippen molar-refractivity contribution in [2.75, 3.05) is 28.4 Å². The first-order chi connectivity index (χ1) is 26.0. The number of hydrogen-bond donors (Lipinski definition) is 2. The van der Waals surface area contributed by atoms with Gasteiger partial charge in [-0.1, -0.05) is 31.2 Å². The minimum absolute atomic E-state index is 0.0125. The van der Waals surface area contributed by atoms with E-state index in [2.05, 4.69) is 30.5 Å². The van der Waals surface area contributed by atoms with Crippen LogP contribution in [0.15, 0.2) is 36.0 Å². The Bertz CT molecular complexity index is 1370. The second-order valence-corrected chi connectivity index (χ2v) is 16.5. The van der Waals surface area contributed by atoms with Gasteiger partial charge in [-0.15, -0.1) is 0 Å². The number of cyclic esters (lactones) is 1. The van der Waals surface area contributed by atoms with Gasteiger partial charge in [0.15, 0.2) is 18.4 Å². The van der Waals surface area contributed by atoms with Gasteiger partial charge in [0.25, 0.3) is 0 Å². The van der Waals surface area contributed by atoms with Gasteiger partial charge in [0.05, 0.1) is 36.9 Å². The van der Waals surface area contributed by atoms with E-state index in [1.165, 1.54) is 0 Å². The lowest BCUT2D eigenvalue weighted by Crippen LogP contribution is -2.59. The van der Waals surface area contributed by atoms with Crippen LogP contribution in [0.3, 0.4) is 0 Å². The molecule has 0 spiro atoms. The fraction of sp³-hybridized carbons (Fsp3) is 0.810. The second-order valence-electron chi connectivity index (χ2n) is 16.5. The largest absolute Gasteiger partial charge is 0.458 e. The van der Waals surface area contributed by atoms with E-state index < -0.39 is 36.8 Å². The van der Waals surface area contributed by atoms with Crippen LogP contribution in [0, 0.1) is 35.5 Å². The van der Waals surface area contributed by atoms with Gasteiger partial charge in [-0.2, -0.15) is 0 Å². The normalized spacial score (nSPS) is 45.1. The molecule has 0 radical (unpaired) electrons. The number of carbonyl (C=O) groups excluding carboxylic acids is 2. The van der Waals surface area contributed by atoms with Gasteiger partial charge >= 0.3 is 5.97 Å². The van der Waals surface area contributed by atoms with Gasteiger partial charge in [-0.25, -0.2) is 0 Å². The molecule has 3 heterocycles. The van der Waals surface area contributed by atoms with E-state index in [-0.39, 0.29) is 90.4 Å². The van der Waals surface area contributed by atoms with E-state index >= 15 is 0 Å². The molecular formula is C42H65NO11. The first kappa shape index (κ1) is 41.6. The number of fused-ring (bicyclic) bond motifs is 5. The number of methoxy groups -OCH3 is 3. The number of ketones is 1. The lowest BCUT2D eigenvalue weighted by molar-refractivity contribution is -0.314. The van der Waals surface area contributed by atoms with Gasteiger partial charge in [-0.3, -0.25) is 9.59 Å². The van der Waals surface area contributed by atoms with Crippen molar-refractivity contribution in [3.05, 3.63) is 36.0 Å². The van der Waals surface area contributed by atoms with Crippen molar-refractivity contribution >= 4 is 11.8 Å². The molecule has 0 amide bonds. The SMILES string of the molecule is CN[C@H]1CC[C@H](O[C@H]2CCC[C@H](/C=C/C(C)O)OC(=O)C[C@@H]3C(=C[C@@H]4[C@H]3C=C[C@@H]3C[C@@H](O[C@@H]5O[C@@H](C)[C@H](OC)[C@@H](OC)[C@H]5OC)C[C@@H]43)C(=O)[C@@H]2C)O[C@@H]1C. The molecule has 0 aromatic heterocycles. The Hall–Kier alpha value is -2.00. The minimum atomic E-state index is -0.660. The number of likely N-dealkylation sites (N-methyl/N-ethyl adjacent to an activating group) is 1. The predicted octanol–water partition coefficient (Wildman–Crippen LogP) is 4.67. The zero-order chi connectivity index (χ0) is 38.7. The van der Waals surface area contributed by atoms with E-state index in [0.717, 1.165) is 25.7 Å². The smallest absolute Gasteiger partial charge is 0.307 e. The van der Waals surface area contributed by atoms with Crippen LogP contribution in [0.2, 0.25) is 0 Å². The lowest BCUT2D eigenvalue weighted by Gasteiger charge is -2.44. The summed E-state index contributed by atoms with van der Waals surface area (Å²) in [5.41, 5.74) is 0.708. The molecule has 0 aromatic rings. The number of nitrogens with one attached hydrogen (secondary N) is 1. The molecule has 0 bridgehead atoms. The Morgan fingerprint density at radius 3 is 2.33 bits per heavy atom. The Morgan fingerprint density at radius 1 is 0.889 bits per heavy atom. The lowest BCUT2D eigenvalue weighted by atomic mass is 9.70. The Morgan fingerprint density at radius 2 is 1.65 bits per heavy atom.